The fraction of sp³-hybridized carbons (Fsp3) is 0.364. The Hall–Kier alpha value is -1.71. The van der Waals surface area contributed by atoms with Crippen LogP contribution >= 0.6 is 0 Å². The quantitative estimate of drug-likeness (QED) is 0.166. The number of hydrogen-bond acceptors (Lipinski definition) is 3. The van der Waals surface area contributed by atoms with Gasteiger partial charge in [-0.05, 0) is 26.2 Å². The van der Waals surface area contributed by atoms with E-state index in [0.29, 0.717) is 0 Å². The van der Waals surface area contributed by atoms with Gasteiger partial charge < -0.3 is 0 Å². The van der Waals surface area contributed by atoms with Gasteiger partial charge in [0.2, 0.25) is 0 Å². The summed E-state index contributed by atoms with van der Waals surface area (Å²) in [6.07, 6.45) is 16.6. The zero-order chi connectivity index (χ0) is 11.2. The normalized spacial score (nSPS) is 12.3. The maximum absolute atomic E-state index is 9.56. The van der Waals surface area contributed by atoms with E-state index in [1.165, 1.54) is 0 Å². The van der Waals surface area contributed by atoms with Crippen LogP contribution in [0, 0.1) is 4.91 Å². The first kappa shape index (κ1) is 13.3. The molecule has 82 valence electrons. The number of allylic oxidation sites excluding steroid dienone is 6. The third kappa shape index (κ3) is 12.3. The zero-order valence-electron chi connectivity index (χ0n) is 8.97. The Morgan fingerprint density at radius 2 is 2.00 bits per heavy atom. The first-order valence-electron chi connectivity index (χ1n) is 4.93. The van der Waals surface area contributed by atoms with Gasteiger partial charge >= 0.3 is 0 Å². The molecule has 15 heavy (non-hydrogen) atoms. The Morgan fingerprint density at radius 3 is 2.73 bits per heavy atom. The molecule has 0 aromatic carbocycles. The predicted octanol–water partition coefficient (Wildman–Crippen LogP) is 3.10. The van der Waals surface area contributed by atoms with Crippen molar-refractivity contribution >= 4 is 6.21 Å². The summed E-state index contributed by atoms with van der Waals surface area (Å²) in [7, 11) is 0. The number of nitrogens with zero attached hydrogens (tertiary/aromatic N) is 2. The molecular formula is C11H17N3O. The van der Waals surface area contributed by atoms with Crippen LogP contribution in [0.4, 0.5) is 0 Å². The van der Waals surface area contributed by atoms with Crippen LogP contribution in [0.1, 0.15) is 26.2 Å². The highest BCUT2D eigenvalue weighted by atomic mass is 16.3. The third-order valence-corrected chi connectivity index (χ3v) is 1.53. The lowest BCUT2D eigenvalue weighted by Crippen LogP contribution is -1.91. The summed E-state index contributed by atoms with van der Waals surface area (Å²) in [5.41, 5.74) is 1.97. The molecule has 0 heterocycles. The Labute approximate surface area is 90.4 Å². The van der Waals surface area contributed by atoms with Crippen LogP contribution in [0.3, 0.4) is 0 Å². The van der Waals surface area contributed by atoms with Crippen LogP contribution in [-0.4, -0.2) is 6.21 Å². The number of unbranched alkanes of at least 4 members (excludes halogenated alkanes) is 1. The van der Waals surface area contributed by atoms with Gasteiger partial charge in [0.25, 0.3) is 0 Å². The molecule has 0 bridgehead atoms. The van der Waals surface area contributed by atoms with Gasteiger partial charge in [0.1, 0.15) is 0 Å². The maximum Gasteiger partial charge on any atom is 0.0722 e. The molecule has 0 atom stereocenters. The average molecular weight is 207 g/mol. The first-order valence-corrected chi connectivity index (χ1v) is 4.93. The van der Waals surface area contributed by atoms with Gasteiger partial charge in [-0.25, -0.2) is 0 Å². The molecule has 0 aliphatic heterocycles. The molecule has 4 heteroatoms. The van der Waals surface area contributed by atoms with Crippen molar-refractivity contribution < 1.29 is 0 Å². The fourth-order valence-corrected chi connectivity index (χ4v) is 0.861. The minimum Gasteiger partial charge on any atom is -0.168 e. The molecule has 0 aromatic heterocycles. The Morgan fingerprint density at radius 1 is 1.13 bits per heavy atom. The van der Waals surface area contributed by atoms with Crippen molar-refractivity contribution in [3.63, 3.8) is 0 Å². The SMILES string of the molecule is C/C=C/C=C/C/C=C/CC/C=N/NN=O. The topological polar surface area (TPSA) is 53.8 Å². The van der Waals surface area contributed by atoms with Gasteiger partial charge in [-0.2, -0.15) is 10.6 Å². The van der Waals surface area contributed by atoms with E-state index < -0.39 is 0 Å². The number of hydrogen-bond donors (Lipinski definition) is 1. The van der Waals surface area contributed by atoms with Crippen molar-refractivity contribution in [1.29, 1.82) is 0 Å². The van der Waals surface area contributed by atoms with Crippen LogP contribution in [0.5, 0.6) is 0 Å². The monoisotopic (exact) mass is 207 g/mol. The van der Waals surface area contributed by atoms with Crippen LogP contribution in [0.15, 0.2) is 46.8 Å². The first-order chi connectivity index (χ1) is 7.41. The van der Waals surface area contributed by atoms with E-state index in [0.717, 1.165) is 19.3 Å². The number of rotatable bonds is 8. The molecule has 0 aliphatic rings. The Kier molecular flexibility index (Phi) is 10.9. The lowest BCUT2D eigenvalue weighted by atomic mass is 10.2. The van der Waals surface area contributed by atoms with Gasteiger partial charge in [0.15, 0.2) is 0 Å². The zero-order valence-corrected chi connectivity index (χ0v) is 8.97. The van der Waals surface area contributed by atoms with Gasteiger partial charge in [0.05, 0.1) is 5.29 Å². The average Bonchev–Trinajstić information content (AvgIpc) is 2.26. The Balaban J connectivity index is 3.35. The molecule has 0 amide bonds. The minimum atomic E-state index is 0.803. The summed E-state index contributed by atoms with van der Waals surface area (Å²) in [5.74, 6) is 0. The van der Waals surface area contributed by atoms with E-state index in [-0.39, 0.29) is 0 Å². The number of hydrazone groups is 1. The molecule has 0 unspecified atom stereocenters. The second-order valence-electron chi connectivity index (χ2n) is 2.74. The molecule has 0 aromatic rings. The van der Waals surface area contributed by atoms with E-state index in [1.807, 2.05) is 30.7 Å². The van der Waals surface area contributed by atoms with Crippen LogP contribution in [0.2, 0.25) is 0 Å². The molecule has 0 radical (unpaired) electrons. The molecule has 0 saturated carbocycles. The molecule has 1 N–H and O–H groups in total. The molecule has 0 saturated heterocycles. The summed E-state index contributed by atoms with van der Waals surface area (Å²) in [4.78, 5) is 9.56. The van der Waals surface area contributed by atoms with E-state index in [4.69, 9.17) is 0 Å². The maximum atomic E-state index is 9.56. The minimum absolute atomic E-state index is 0.803. The lowest BCUT2D eigenvalue weighted by Gasteiger charge is -1.85. The molecule has 0 fully saturated rings. The second kappa shape index (κ2) is 12.3. The smallest absolute Gasteiger partial charge is 0.0722 e. The summed E-state index contributed by atoms with van der Waals surface area (Å²) in [5, 5.41) is 5.92. The Bertz CT molecular complexity index is 255. The summed E-state index contributed by atoms with van der Waals surface area (Å²) in [6, 6.07) is 0. The third-order valence-electron chi connectivity index (χ3n) is 1.53. The highest BCUT2D eigenvalue weighted by molar-refractivity contribution is 5.56. The highest BCUT2D eigenvalue weighted by Gasteiger charge is 1.77. The van der Waals surface area contributed by atoms with E-state index >= 15 is 0 Å². The van der Waals surface area contributed by atoms with Crippen molar-refractivity contribution in [2.45, 2.75) is 26.2 Å². The van der Waals surface area contributed by atoms with E-state index in [9.17, 15) is 4.91 Å². The van der Waals surface area contributed by atoms with Crippen LogP contribution in [0.25, 0.3) is 0 Å². The lowest BCUT2D eigenvalue weighted by molar-refractivity contribution is 0.798. The van der Waals surface area contributed by atoms with Gasteiger partial charge in [-0.1, -0.05) is 36.5 Å². The molecule has 0 aliphatic carbocycles. The summed E-state index contributed by atoms with van der Waals surface area (Å²) in [6.45, 7) is 1.99. The standard InChI is InChI=1S/C11H17N3O/c1-2-3-4-5-6-7-8-9-10-11-12-13-14-15/h2-5,7-8,11H,6,9-10H2,1H3,(H,13,15)/b3-2+,5-4+,8-7+,12-11+. The molecule has 0 rings (SSSR count). The summed E-state index contributed by atoms with van der Waals surface area (Å²) < 4.78 is 0. The van der Waals surface area contributed by atoms with Crippen molar-refractivity contribution in [2.24, 2.45) is 10.4 Å². The van der Waals surface area contributed by atoms with Crippen LogP contribution in [-0.2, 0) is 0 Å². The number of nitroso groups, excluding NO2 is 1. The van der Waals surface area contributed by atoms with E-state index in [1.54, 1.807) is 6.21 Å². The molecular weight excluding hydrogens is 190 g/mol. The highest BCUT2D eigenvalue weighted by Crippen LogP contribution is 1.92. The van der Waals surface area contributed by atoms with Gasteiger partial charge in [0, 0.05) is 6.21 Å². The summed E-state index contributed by atoms with van der Waals surface area (Å²) >= 11 is 0. The van der Waals surface area contributed by atoms with Crippen LogP contribution < -0.4 is 5.53 Å². The van der Waals surface area contributed by atoms with Crippen molar-refractivity contribution in [1.82, 2.24) is 5.53 Å². The fourth-order valence-electron chi connectivity index (χ4n) is 0.861. The van der Waals surface area contributed by atoms with Crippen molar-refractivity contribution in [3.8, 4) is 0 Å². The second-order valence-corrected chi connectivity index (χ2v) is 2.74. The molecule has 4 nitrogen and oxygen atoms in total. The molecule has 0 spiro atoms. The van der Waals surface area contributed by atoms with E-state index in [2.05, 4.69) is 28.6 Å². The van der Waals surface area contributed by atoms with Crippen molar-refractivity contribution in [3.05, 3.63) is 41.4 Å². The largest absolute Gasteiger partial charge is 0.168 e. The van der Waals surface area contributed by atoms with Gasteiger partial charge in [-0.15, -0.1) is 4.91 Å². The van der Waals surface area contributed by atoms with Gasteiger partial charge in [-0.3, -0.25) is 0 Å². The number of nitrogens with one attached hydrogen (secondary N) is 1. The predicted molar refractivity (Wildman–Crippen MR) is 64.4 cm³/mol. The van der Waals surface area contributed by atoms with Crippen molar-refractivity contribution in [2.75, 3.05) is 0 Å².